The molecular formula is C24H28N4OS3. The third-order valence-corrected chi connectivity index (χ3v) is 8.61. The van der Waals surface area contributed by atoms with Gasteiger partial charge in [-0.1, -0.05) is 67.7 Å². The summed E-state index contributed by atoms with van der Waals surface area (Å²) in [4.78, 5) is 7.43. The minimum absolute atomic E-state index is 0.168. The average molecular weight is 485 g/mol. The molecule has 0 atom stereocenters. The minimum atomic E-state index is -0.168. The van der Waals surface area contributed by atoms with E-state index in [0.717, 1.165) is 51.2 Å². The SMILES string of the molecule is CC(C)Sc1nc2sc3c(c2c2nnc(SCCCc4ccccc4)n12)CC(C)(C)OC3. The van der Waals surface area contributed by atoms with Gasteiger partial charge in [0.25, 0.3) is 0 Å². The molecule has 3 aromatic heterocycles. The monoisotopic (exact) mass is 484 g/mol. The lowest BCUT2D eigenvalue weighted by molar-refractivity contribution is -0.0379. The highest BCUT2D eigenvalue weighted by atomic mass is 32.2. The van der Waals surface area contributed by atoms with Crippen molar-refractivity contribution in [2.24, 2.45) is 0 Å². The maximum atomic E-state index is 6.07. The highest BCUT2D eigenvalue weighted by Crippen LogP contribution is 2.41. The summed E-state index contributed by atoms with van der Waals surface area (Å²) in [7, 11) is 0. The van der Waals surface area contributed by atoms with Crippen LogP contribution in [0, 0.1) is 0 Å². The molecule has 1 aromatic carbocycles. The molecular weight excluding hydrogens is 456 g/mol. The Morgan fingerprint density at radius 2 is 1.97 bits per heavy atom. The summed E-state index contributed by atoms with van der Waals surface area (Å²) >= 11 is 5.31. The van der Waals surface area contributed by atoms with Gasteiger partial charge in [0.05, 0.1) is 17.6 Å². The summed E-state index contributed by atoms with van der Waals surface area (Å²) in [5, 5.41) is 12.8. The number of rotatable bonds is 7. The number of thioether (sulfide) groups is 2. The fourth-order valence-electron chi connectivity index (χ4n) is 4.06. The second-order valence-corrected chi connectivity index (χ2v) is 12.7. The van der Waals surface area contributed by atoms with Crippen LogP contribution in [0.2, 0.25) is 0 Å². The molecule has 0 spiro atoms. The van der Waals surface area contributed by atoms with Crippen LogP contribution in [-0.4, -0.2) is 36.2 Å². The van der Waals surface area contributed by atoms with Crippen LogP contribution in [0.25, 0.3) is 15.9 Å². The minimum Gasteiger partial charge on any atom is -0.370 e. The van der Waals surface area contributed by atoms with Gasteiger partial charge in [0.1, 0.15) is 4.83 Å². The predicted molar refractivity (Wildman–Crippen MR) is 135 cm³/mol. The fraction of sp³-hybridized carbons (Fsp3) is 0.458. The first-order valence-corrected chi connectivity index (χ1v) is 13.8. The molecule has 32 heavy (non-hydrogen) atoms. The molecule has 8 heteroatoms. The first-order valence-electron chi connectivity index (χ1n) is 11.1. The van der Waals surface area contributed by atoms with Gasteiger partial charge in [0, 0.05) is 22.3 Å². The number of hydrogen-bond donors (Lipinski definition) is 0. The maximum Gasteiger partial charge on any atom is 0.197 e. The van der Waals surface area contributed by atoms with Crippen molar-refractivity contribution >= 4 is 50.7 Å². The summed E-state index contributed by atoms with van der Waals surface area (Å²) in [5.41, 5.74) is 3.50. The summed E-state index contributed by atoms with van der Waals surface area (Å²) in [6.07, 6.45) is 3.06. The predicted octanol–water partition coefficient (Wildman–Crippen LogP) is 6.42. The van der Waals surface area contributed by atoms with E-state index in [0.29, 0.717) is 11.9 Å². The zero-order valence-electron chi connectivity index (χ0n) is 18.9. The number of hydrogen-bond acceptors (Lipinski definition) is 7. The Labute approximate surface area is 201 Å². The van der Waals surface area contributed by atoms with Crippen molar-refractivity contribution in [3.05, 3.63) is 46.3 Å². The van der Waals surface area contributed by atoms with E-state index in [9.17, 15) is 0 Å². The molecule has 0 unspecified atom stereocenters. The molecule has 0 aliphatic carbocycles. The maximum absolute atomic E-state index is 6.07. The lowest BCUT2D eigenvalue weighted by Gasteiger charge is -2.30. The number of fused-ring (bicyclic) bond motifs is 5. The van der Waals surface area contributed by atoms with Gasteiger partial charge in [-0.05, 0) is 37.8 Å². The van der Waals surface area contributed by atoms with Gasteiger partial charge in [-0.25, -0.2) is 9.38 Å². The van der Waals surface area contributed by atoms with Gasteiger partial charge in [-0.3, -0.25) is 0 Å². The number of nitrogens with zero attached hydrogens (tertiary/aromatic N) is 4. The van der Waals surface area contributed by atoms with Gasteiger partial charge >= 0.3 is 0 Å². The first kappa shape index (κ1) is 22.2. The highest BCUT2D eigenvalue weighted by molar-refractivity contribution is 8.00. The Balaban J connectivity index is 1.50. The van der Waals surface area contributed by atoms with Crippen LogP contribution in [0.1, 0.15) is 50.1 Å². The normalized spacial score (nSPS) is 15.7. The summed E-state index contributed by atoms with van der Waals surface area (Å²) in [6, 6.07) is 10.7. The molecule has 0 saturated heterocycles. The van der Waals surface area contributed by atoms with E-state index >= 15 is 0 Å². The molecule has 1 aliphatic heterocycles. The van der Waals surface area contributed by atoms with Crippen molar-refractivity contribution in [3.63, 3.8) is 0 Å². The second kappa shape index (κ2) is 8.97. The highest BCUT2D eigenvalue weighted by Gasteiger charge is 2.31. The molecule has 4 aromatic rings. The van der Waals surface area contributed by atoms with Crippen LogP contribution < -0.4 is 0 Å². The van der Waals surface area contributed by atoms with Crippen molar-refractivity contribution in [3.8, 4) is 0 Å². The van der Waals surface area contributed by atoms with Gasteiger partial charge in [-0.2, -0.15) is 0 Å². The molecule has 0 fully saturated rings. The number of thiophene rings is 1. The van der Waals surface area contributed by atoms with E-state index in [-0.39, 0.29) is 5.60 Å². The Hall–Kier alpha value is -1.61. The third-order valence-electron chi connectivity index (χ3n) is 5.54. The molecule has 0 bridgehead atoms. The van der Waals surface area contributed by atoms with E-state index in [2.05, 4.69) is 72.6 Å². The molecule has 0 saturated carbocycles. The van der Waals surface area contributed by atoms with Crippen LogP contribution in [0.5, 0.6) is 0 Å². The molecule has 168 valence electrons. The second-order valence-electron chi connectivity index (χ2n) is 9.05. The average Bonchev–Trinajstić information content (AvgIpc) is 3.32. The number of ether oxygens (including phenoxy) is 1. The molecule has 5 rings (SSSR count). The first-order chi connectivity index (χ1) is 15.4. The zero-order valence-corrected chi connectivity index (χ0v) is 21.4. The Morgan fingerprint density at radius 3 is 2.75 bits per heavy atom. The van der Waals surface area contributed by atoms with Crippen LogP contribution in [0.3, 0.4) is 0 Å². The van der Waals surface area contributed by atoms with E-state index < -0.39 is 0 Å². The molecule has 4 heterocycles. The Kier molecular flexibility index (Phi) is 6.22. The molecule has 0 N–H and O–H groups in total. The van der Waals surface area contributed by atoms with Crippen LogP contribution in [0.15, 0.2) is 40.6 Å². The largest absolute Gasteiger partial charge is 0.370 e. The van der Waals surface area contributed by atoms with Gasteiger partial charge < -0.3 is 4.74 Å². The van der Waals surface area contributed by atoms with Gasteiger partial charge in [-0.15, -0.1) is 21.5 Å². The zero-order chi connectivity index (χ0) is 22.3. The van der Waals surface area contributed by atoms with Crippen molar-refractivity contribution in [1.82, 2.24) is 19.6 Å². The molecule has 1 aliphatic rings. The Bertz CT molecular complexity index is 1250. The van der Waals surface area contributed by atoms with Crippen LogP contribution in [-0.2, 0) is 24.2 Å². The summed E-state index contributed by atoms with van der Waals surface area (Å²) < 4.78 is 8.26. The van der Waals surface area contributed by atoms with Gasteiger partial charge in [0.2, 0.25) is 0 Å². The third kappa shape index (κ3) is 4.42. The van der Waals surface area contributed by atoms with Gasteiger partial charge in [0.15, 0.2) is 16.0 Å². The van der Waals surface area contributed by atoms with Crippen LogP contribution >= 0.6 is 34.9 Å². The van der Waals surface area contributed by atoms with Crippen molar-refractivity contribution in [1.29, 1.82) is 0 Å². The standard InChI is InChI=1S/C24H28N4OS3/c1-15(2)31-22-25-21-19(17-13-24(3,4)29-14-18(17)32-21)20-26-27-23(28(20)22)30-12-8-11-16-9-6-5-7-10-16/h5-7,9-10,15H,8,11-14H2,1-4H3. The number of aryl methyl sites for hydroxylation is 1. The number of benzene rings is 1. The lowest BCUT2D eigenvalue weighted by Crippen LogP contribution is -2.31. The number of aromatic nitrogens is 4. The topological polar surface area (TPSA) is 52.3 Å². The van der Waals surface area contributed by atoms with Crippen molar-refractivity contribution in [2.75, 3.05) is 5.75 Å². The van der Waals surface area contributed by atoms with E-state index in [1.807, 2.05) is 0 Å². The fourth-order valence-corrected chi connectivity index (χ4v) is 6.99. The van der Waals surface area contributed by atoms with Crippen LogP contribution in [0.4, 0.5) is 0 Å². The molecule has 0 radical (unpaired) electrons. The Morgan fingerprint density at radius 1 is 1.16 bits per heavy atom. The lowest BCUT2D eigenvalue weighted by atomic mass is 9.94. The quantitative estimate of drug-likeness (QED) is 0.171. The van der Waals surface area contributed by atoms with E-state index in [1.165, 1.54) is 16.0 Å². The van der Waals surface area contributed by atoms with E-state index in [1.54, 1.807) is 34.9 Å². The van der Waals surface area contributed by atoms with E-state index in [4.69, 9.17) is 9.72 Å². The smallest absolute Gasteiger partial charge is 0.197 e. The van der Waals surface area contributed by atoms with Crippen molar-refractivity contribution in [2.45, 2.75) is 74.7 Å². The summed E-state index contributed by atoms with van der Waals surface area (Å²) in [6.45, 7) is 9.37. The summed E-state index contributed by atoms with van der Waals surface area (Å²) in [5.74, 6) is 1.00. The van der Waals surface area contributed by atoms with Crippen molar-refractivity contribution < 1.29 is 4.74 Å². The molecule has 0 amide bonds. The molecule has 5 nitrogen and oxygen atoms in total.